The molecule has 0 unspecified atom stereocenters. The van der Waals surface area contributed by atoms with Gasteiger partial charge in [0.15, 0.2) is 0 Å². The van der Waals surface area contributed by atoms with Crippen molar-refractivity contribution in [3.63, 3.8) is 0 Å². The average Bonchev–Trinajstić information content (AvgIpc) is 2.27. The molecule has 5 heteroatoms. The fourth-order valence-corrected chi connectivity index (χ4v) is 2.13. The second-order valence-corrected chi connectivity index (χ2v) is 4.35. The Bertz CT molecular complexity index is 541. The summed E-state index contributed by atoms with van der Waals surface area (Å²) in [6.45, 7) is 0. The van der Waals surface area contributed by atoms with Gasteiger partial charge in [0.1, 0.15) is 5.82 Å². The predicted octanol–water partition coefficient (Wildman–Crippen LogP) is 4.29. The molecule has 0 aliphatic carbocycles. The summed E-state index contributed by atoms with van der Waals surface area (Å²) in [6.07, 6.45) is 1.60. The quantitative estimate of drug-likeness (QED) is 0.787. The summed E-state index contributed by atoms with van der Waals surface area (Å²) in [7, 11) is 0. The molecule has 0 radical (unpaired) electrons. The number of hydrogen-bond donors (Lipinski definition) is 1. The van der Waals surface area contributed by atoms with Crippen molar-refractivity contribution >= 4 is 40.6 Å². The van der Waals surface area contributed by atoms with Crippen LogP contribution in [0.4, 0.5) is 5.82 Å². The Balaban J connectivity index is 2.74. The number of hydrogen-bond acceptors (Lipinski definition) is 2. The van der Waals surface area contributed by atoms with Gasteiger partial charge in [0.25, 0.3) is 0 Å². The molecule has 2 nitrogen and oxygen atoms in total. The molecule has 0 saturated carbocycles. The zero-order valence-electron chi connectivity index (χ0n) is 8.05. The third-order valence-corrected chi connectivity index (χ3v) is 3.27. The van der Waals surface area contributed by atoms with Crippen LogP contribution in [0.1, 0.15) is 0 Å². The van der Waals surface area contributed by atoms with Gasteiger partial charge in [-0.05, 0) is 24.3 Å². The van der Waals surface area contributed by atoms with E-state index in [1.54, 1.807) is 30.5 Å². The molecule has 16 heavy (non-hydrogen) atoms. The van der Waals surface area contributed by atoms with Crippen LogP contribution in [0.3, 0.4) is 0 Å². The molecule has 0 amide bonds. The molecule has 1 heterocycles. The fourth-order valence-electron chi connectivity index (χ4n) is 1.40. The smallest absolute Gasteiger partial charge is 0.131 e. The fraction of sp³-hybridized carbons (Fsp3) is 0. The first-order valence-electron chi connectivity index (χ1n) is 4.45. The second kappa shape index (κ2) is 4.50. The van der Waals surface area contributed by atoms with Crippen molar-refractivity contribution in [2.75, 3.05) is 5.73 Å². The summed E-state index contributed by atoms with van der Waals surface area (Å²) >= 11 is 18.1. The van der Waals surface area contributed by atoms with Gasteiger partial charge in [-0.15, -0.1) is 0 Å². The maximum absolute atomic E-state index is 6.11. The van der Waals surface area contributed by atoms with Gasteiger partial charge in [-0.2, -0.15) is 0 Å². The number of nitrogen functional groups attached to an aromatic ring is 1. The Labute approximate surface area is 108 Å². The number of nitrogens with zero attached hydrogens (tertiary/aromatic N) is 1. The zero-order valence-corrected chi connectivity index (χ0v) is 10.3. The van der Waals surface area contributed by atoms with Crippen LogP contribution in [0.5, 0.6) is 0 Å². The van der Waals surface area contributed by atoms with E-state index >= 15 is 0 Å². The zero-order chi connectivity index (χ0) is 11.7. The van der Waals surface area contributed by atoms with Gasteiger partial charge < -0.3 is 5.73 Å². The molecule has 0 aliphatic heterocycles. The number of benzene rings is 1. The Morgan fingerprint density at radius 2 is 1.69 bits per heavy atom. The van der Waals surface area contributed by atoms with E-state index in [2.05, 4.69) is 4.98 Å². The largest absolute Gasteiger partial charge is 0.383 e. The predicted molar refractivity (Wildman–Crippen MR) is 69.1 cm³/mol. The van der Waals surface area contributed by atoms with Gasteiger partial charge in [0.05, 0.1) is 15.1 Å². The minimum atomic E-state index is 0.369. The molecule has 2 aromatic rings. The van der Waals surface area contributed by atoms with Gasteiger partial charge in [-0.1, -0.05) is 34.8 Å². The molecule has 2 N–H and O–H groups in total. The maximum atomic E-state index is 6.11. The molecule has 1 aromatic carbocycles. The van der Waals surface area contributed by atoms with E-state index in [1.807, 2.05) is 0 Å². The van der Waals surface area contributed by atoms with Crippen LogP contribution in [0.2, 0.25) is 15.1 Å². The molecule has 2 rings (SSSR count). The van der Waals surface area contributed by atoms with Crippen LogP contribution in [0.25, 0.3) is 11.1 Å². The van der Waals surface area contributed by atoms with Crippen molar-refractivity contribution in [3.05, 3.63) is 45.5 Å². The van der Waals surface area contributed by atoms with E-state index in [0.717, 1.165) is 0 Å². The van der Waals surface area contributed by atoms with Gasteiger partial charge in [0, 0.05) is 17.3 Å². The van der Waals surface area contributed by atoms with E-state index in [9.17, 15) is 0 Å². The van der Waals surface area contributed by atoms with Crippen molar-refractivity contribution in [2.45, 2.75) is 0 Å². The number of nitrogens with two attached hydrogens (primary N) is 1. The number of rotatable bonds is 1. The molecule has 0 fully saturated rings. The molecule has 0 spiro atoms. The minimum Gasteiger partial charge on any atom is -0.383 e. The lowest BCUT2D eigenvalue weighted by Crippen LogP contribution is -1.94. The van der Waals surface area contributed by atoms with Crippen LogP contribution >= 0.6 is 34.8 Å². The second-order valence-electron chi connectivity index (χ2n) is 3.15. The van der Waals surface area contributed by atoms with Crippen LogP contribution in [0, 0.1) is 0 Å². The third-order valence-electron chi connectivity index (χ3n) is 2.15. The van der Waals surface area contributed by atoms with Crippen molar-refractivity contribution in [3.8, 4) is 11.1 Å². The lowest BCUT2D eigenvalue weighted by atomic mass is 10.1. The molecule has 0 saturated heterocycles. The standard InChI is InChI=1S/C11H7Cl3N2/c12-7-3-4-8(13)10(14)9(7)6-2-1-5-16-11(6)15/h1-5H,(H2,15,16). The first-order chi connectivity index (χ1) is 7.61. The Morgan fingerprint density at radius 1 is 1.00 bits per heavy atom. The van der Waals surface area contributed by atoms with E-state index in [1.165, 1.54) is 0 Å². The first-order valence-corrected chi connectivity index (χ1v) is 5.59. The highest BCUT2D eigenvalue weighted by Crippen LogP contribution is 2.40. The number of halogens is 3. The number of anilines is 1. The summed E-state index contributed by atoms with van der Waals surface area (Å²) in [5.41, 5.74) is 7.06. The Morgan fingerprint density at radius 3 is 2.38 bits per heavy atom. The summed E-state index contributed by atoms with van der Waals surface area (Å²) < 4.78 is 0. The molecular formula is C11H7Cl3N2. The lowest BCUT2D eigenvalue weighted by molar-refractivity contribution is 1.34. The molecular weight excluding hydrogens is 266 g/mol. The minimum absolute atomic E-state index is 0.369. The van der Waals surface area contributed by atoms with Gasteiger partial charge in [0.2, 0.25) is 0 Å². The van der Waals surface area contributed by atoms with E-state index in [0.29, 0.717) is 32.0 Å². The van der Waals surface area contributed by atoms with Gasteiger partial charge >= 0.3 is 0 Å². The summed E-state index contributed by atoms with van der Waals surface area (Å²) in [5, 5.41) is 1.31. The van der Waals surface area contributed by atoms with E-state index < -0.39 is 0 Å². The van der Waals surface area contributed by atoms with E-state index in [4.69, 9.17) is 40.5 Å². The lowest BCUT2D eigenvalue weighted by Gasteiger charge is -2.10. The van der Waals surface area contributed by atoms with Gasteiger partial charge in [-0.3, -0.25) is 0 Å². The maximum Gasteiger partial charge on any atom is 0.131 e. The summed E-state index contributed by atoms with van der Waals surface area (Å²) in [6, 6.07) is 6.88. The third kappa shape index (κ3) is 1.96. The molecule has 1 aromatic heterocycles. The topological polar surface area (TPSA) is 38.9 Å². The monoisotopic (exact) mass is 272 g/mol. The highest BCUT2D eigenvalue weighted by molar-refractivity contribution is 6.46. The van der Waals surface area contributed by atoms with Crippen LogP contribution in [-0.2, 0) is 0 Å². The van der Waals surface area contributed by atoms with Crippen molar-refractivity contribution < 1.29 is 0 Å². The van der Waals surface area contributed by atoms with Gasteiger partial charge in [-0.25, -0.2) is 4.98 Å². The molecule has 0 aliphatic rings. The van der Waals surface area contributed by atoms with Crippen molar-refractivity contribution in [1.82, 2.24) is 4.98 Å². The van der Waals surface area contributed by atoms with Crippen molar-refractivity contribution in [2.24, 2.45) is 0 Å². The highest BCUT2D eigenvalue weighted by atomic mass is 35.5. The highest BCUT2D eigenvalue weighted by Gasteiger charge is 2.14. The molecule has 0 bridgehead atoms. The van der Waals surface area contributed by atoms with E-state index in [-0.39, 0.29) is 0 Å². The summed E-state index contributed by atoms with van der Waals surface area (Å²) in [4.78, 5) is 3.98. The Hall–Kier alpha value is -0.960. The van der Waals surface area contributed by atoms with Crippen LogP contribution in [-0.4, -0.2) is 4.98 Å². The SMILES string of the molecule is Nc1ncccc1-c1c(Cl)ccc(Cl)c1Cl. The Kier molecular flexibility index (Phi) is 3.24. The van der Waals surface area contributed by atoms with Crippen LogP contribution < -0.4 is 5.73 Å². The average molecular weight is 274 g/mol. The molecule has 82 valence electrons. The first kappa shape index (κ1) is 11.5. The van der Waals surface area contributed by atoms with Crippen molar-refractivity contribution in [1.29, 1.82) is 0 Å². The number of pyridine rings is 1. The normalized spacial score (nSPS) is 10.4. The van der Waals surface area contributed by atoms with Crippen LogP contribution in [0.15, 0.2) is 30.5 Å². The summed E-state index contributed by atoms with van der Waals surface area (Å²) in [5.74, 6) is 0.369. The molecule has 0 atom stereocenters. The number of aromatic nitrogens is 1.